The Kier molecular flexibility index (Phi) is 4.04. The van der Waals surface area contributed by atoms with Gasteiger partial charge in [-0.2, -0.15) is 0 Å². The average molecular weight is 228 g/mol. The van der Waals surface area contributed by atoms with Crippen LogP contribution in [-0.2, 0) is 16.0 Å². The number of carbonyl (C=O) groups excluding carboxylic acids is 2. The van der Waals surface area contributed by atoms with Crippen molar-refractivity contribution in [1.29, 1.82) is 0 Å². The number of thiazole rings is 1. The SMILES string of the molecule is CNC(=O)CNC(=O)Cc1csc(N)n1. The molecule has 0 aliphatic heterocycles. The fraction of sp³-hybridized carbons (Fsp3) is 0.375. The van der Waals surface area contributed by atoms with E-state index in [4.69, 9.17) is 5.73 Å². The molecule has 1 aromatic rings. The topological polar surface area (TPSA) is 97.1 Å². The summed E-state index contributed by atoms with van der Waals surface area (Å²) in [5.74, 6) is -0.481. The quantitative estimate of drug-likeness (QED) is 0.624. The van der Waals surface area contributed by atoms with Crippen LogP contribution in [0.2, 0.25) is 0 Å². The third kappa shape index (κ3) is 3.94. The summed E-state index contributed by atoms with van der Waals surface area (Å²) in [5, 5.41) is 7.02. The minimum Gasteiger partial charge on any atom is -0.375 e. The zero-order valence-electron chi connectivity index (χ0n) is 8.24. The van der Waals surface area contributed by atoms with Gasteiger partial charge >= 0.3 is 0 Å². The van der Waals surface area contributed by atoms with Crippen molar-refractivity contribution in [2.75, 3.05) is 19.3 Å². The lowest BCUT2D eigenvalue weighted by Gasteiger charge is -2.02. The summed E-state index contributed by atoms with van der Waals surface area (Å²) < 4.78 is 0. The third-order valence-electron chi connectivity index (χ3n) is 1.64. The summed E-state index contributed by atoms with van der Waals surface area (Å²) >= 11 is 1.28. The van der Waals surface area contributed by atoms with Crippen molar-refractivity contribution in [3.05, 3.63) is 11.1 Å². The first kappa shape index (κ1) is 11.4. The molecule has 0 fully saturated rings. The molecule has 0 aliphatic rings. The molecule has 0 spiro atoms. The maximum absolute atomic E-state index is 11.3. The Labute approximate surface area is 90.9 Å². The number of likely N-dealkylation sites (N-methyl/N-ethyl adjacent to an activating group) is 1. The normalized spacial score (nSPS) is 9.67. The average Bonchev–Trinajstić information content (AvgIpc) is 2.60. The number of nitrogens with one attached hydrogen (secondary N) is 2. The Balaban J connectivity index is 2.33. The number of hydrogen-bond acceptors (Lipinski definition) is 5. The highest BCUT2D eigenvalue weighted by Gasteiger charge is 2.07. The second-order valence-corrected chi connectivity index (χ2v) is 3.69. The predicted molar refractivity (Wildman–Crippen MR) is 57.3 cm³/mol. The lowest BCUT2D eigenvalue weighted by Crippen LogP contribution is -2.35. The summed E-state index contributed by atoms with van der Waals surface area (Å²) in [6.45, 7) is -0.0189. The van der Waals surface area contributed by atoms with Crippen LogP contribution in [-0.4, -0.2) is 30.4 Å². The summed E-state index contributed by atoms with van der Waals surface area (Å²) in [4.78, 5) is 26.0. The molecule has 15 heavy (non-hydrogen) atoms. The van der Waals surface area contributed by atoms with Crippen LogP contribution in [0.3, 0.4) is 0 Å². The molecule has 0 unspecified atom stereocenters. The monoisotopic (exact) mass is 228 g/mol. The maximum Gasteiger partial charge on any atom is 0.239 e. The van der Waals surface area contributed by atoms with E-state index in [1.54, 1.807) is 5.38 Å². The zero-order valence-corrected chi connectivity index (χ0v) is 9.06. The Bertz CT molecular complexity index is 363. The van der Waals surface area contributed by atoms with E-state index in [0.717, 1.165) is 0 Å². The van der Waals surface area contributed by atoms with Crippen LogP contribution in [0.25, 0.3) is 0 Å². The van der Waals surface area contributed by atoms with Crippen LogP contribution in [0, 0.1) is 0 Å². The second kappa shape index (κ2) is 5.30. The van der Waals surface area contributed by atoms with E-state index < -0.39 is 0 Å². The van der Waals surface area contributed by atoms with E-state index in [1.165, 1.54) is 18.4 Å². The van der Waals surface area contributed by atoms with Gasteiger partial charge in [-0.25, -0.2) is 4.98 Å². The standard InChI is InChI=1S/C8H12N4O2S/c1-10-7(14)3-11-6(13)2-5-4-15-8(9)12-5/h4H,2-3H2,1H3,(H2,9,12)(H,10,14)(H,11,13). The molecule has 7 heteroatoms. The van der Waals surface area contributed by atoms with Gasteiger partial charge in [-0.15, -0.1) is 11.3 Å². The van der Waals surface area contributed by atoms with Gasteiger partial charge in [-0.05, 0) is 0 Å². The fourth-order valence-corrected chi connectivity index (χ4v) is 1.46. The van der Waals surface area contributed by atoms with Gasteiger partial charge in [0.05, 0.1) is 18.7 Å². The molecule has 82 valence electrons. The summed E-state index contributed by atoms with van der Waals surface area (Å²) in [5.41, 5.74) is 6.03. The van der Waals surface area contributed by atoms with Crippen LogP contribution in [0.1, 0.15) is 5.69 Å². The minimum atomic E-state index is -0.246. The molecule has 4 N–H and O–H groups in total. The summed E-state index contributed by atoms with van der Waals surface area (Å²) in [7, 11) is 1.51. The minimum absolute atomic E-state index is 0.0189. The molecule has 0 aliphatic carbocycles. The number of nitrogen functional groups attached to an aromatic ring is 1. The molecule has 1 rings (SSSR count). The van der Waals surface area contributed by atoms with Crippen LogP contribution in [0.15, 0.2) is 5.38 Å². The highest BCUT2D eigenvalue weighted by molar-refractivity contribution is 7.13. The van der Waals surface area contributed by atoms with Crippen molar-refractivity contribution >= 4 is 28.3 Å². The molecule has 0 saturated heterocycles. The number of rotatable bonds is 4. The van der Waals surface area contributed by atoms with Gasteiger partial charge < -0.3 is 16.4 Å². The van der Waals surface area contributed by atoms with E-state index in [0.29, 0.717) is 10.8 Å². The highest BCUT2D eigenvalue weighted by atomic mass is 32.1. The van der Waals surface area contributed by atoms with Crippen molar-refractivity contribution in [2.24, 2.45) is 0 Å². The molecule has 0 atom stereocenters. The summed E-state index contributed by atoms with van der Waals surface area (Å²) in [6, 6.07) is 0. The first-order valence-electron chi connectivity index (χ1n) is 4.29. The fourth-order valence-electron chi connectivity index (χ4n) is 0.898. The molecule has 0 aromatic carbocycles. The number of hydrogen-bond donors (Lipinski definition) is 3. The lowest BCUT2D eigenvalue weighted by atomic mass is 10.3. The van der Waals surface area contributed by atoms with Crippen molar-refractivity contribution in [2.45, 2.75) is 6.42 Å². The van der Waals surface area contributed by atoms with Gasteiger partial charge in [-0.3, -0.25) is 9.59 Å². The highest BCUT2D eigenvalue weighted by Crippen LogP contribution is 2.10. The molecule has 0 saturated carbocycles. The van der Waals surface area contributed by atoms with Gasteiger partial charge in [-0.1, -0.05) is 0 Å². The Morgan fingerprint density at radius 1 is 1.53 bits per heavy atom. The van der Waals surface area contributed by atoms with Crippen molar-refractivity contribution in [3.63, 3.8) is 0 Å². The predicted octanol–water partition coefficient (Wildman–Crippen LogP) is -0.870. The first-order valence-corrected chi connectivity index (χ1v) is 5.17. The van der Waals surface area contributed by atoms with Gasteiger partial charge in [0, 0.05) is 12.4 Å². The van der Waals surface area contributed by atoms with Crippen molar-refractivity contribution in [1.82, 2.24) is 15.6 Å². The molecule has 1 aromatic heterocycles. The Morgan fingerprint density at radius 2 is 2.27 bits per heavy atom. The Morgan fingerprint density at radius 3 is 2.80 bits per heavy atom. The maximum atomic E-state index is 11.3. The van der Waals surface area contributed by atoms with E-state index >= 15 is 0 Å². The van der Waals surface area contributed by atoms with Gasteiger partial charge in [0.1, 0.15) is 0 Å². The molecule has 6 nitrogen and oxygen atoms in total. The number of nitrogens with two attached hydrogens (primary N) is 1. The van der Waals surface area contributed by atoms with E-state index in [9.17, 15) is 9.59 Å². The number of nitrogens with zero attached hydrogens (tertiary/aromatic N) is 1. The third-order valence-corrected chi connectivity index (χ3v) is 2.36. The van der Waals surface area contributed by atoms with E-state index in [1.807, 2.05) is 0 Å². The smallest absolute Gasteiger partial charge is 0.239 e. The van der Waals surface area contributed by atoms with E-state index in [-0.39, 0.29) is 24.8 Å². The Hall–Kier alpha value is -1.63. The zero-order chi connectivity index (χ0) is 11.3. The van der Waals surface area contributed by atoms with Crippen LogP contribution in [0.5, 0.6) is 0 Å². The number of anilines is 1. The number of aromatic nitrogens is 1. The lowest BCUT2D eigenvalue weighted by molar-refractivity contribution is -0.125. The summed E-state index contributed by atoms with van der Waals surface area (Å²) in [6.07, 6.45) is 0.144. The van der Waals surface area contributed by atoms with Crippen molar-refractivity contribution < 1.29 is 9.59 Å². The van der Waals surface area contributed by atoms with Gasteiger partial charge in [0.25, 0.3) is 0 Å². The van der Waals surface area contributed by atoms with Crippen LogP contribution in [0.4, 0.5) is 5.13 Å². The molecular weight excluding hydrogens is 216 g/mol. The molecule has 1 heterocycles. The van der Waals surface area contributed by atoms with Crippen LogP contribution < -0.4 is 16.4 Å². The van der Waals surface area contributed by atoms with Gasteiger partial charge in [0.2, 0.25) is 11.8 Å². The van der Waals surface area contributed by atoms with Gasteiger partial charge in [0.15, 0.2) is 5.13 Å². The number of carbonyl (C=O) groups is 2. The largest absolute Gasteiger partial charge is 0.375 e. The van der Waals surface area contributed by atoms with Crippen molar-refractivity contribution in [3.8, 4) is 0 Å². The number of amides is 2. The van der Waals surface area contributed by atoms with E-state index in [2.05, 4.69) is 15.6 Å². The second-order valence-electron chi connectivity index (χ2n) is 2.80. The first-order chi connectivity index (χ1) is 7.11. The molecule has 0 radical (unpaired) electrons. The molecule has 0 bridgehead atoms. The molecule has 2 amide bonds. The van der Waals surface area contributed by atoms with Crippen LogP contribution >= 0.6 is 11.3 Å². The molecular formula is C8H12N4O2S.